The Balaban J connectivity index is 2.06. The molecule has 0 saturated heterocycles. The molecule has 1 heterocycles. The number of benzene rings is 2. The van der Waals surface area contributed by atoms with Crippen molar-refractivity contribution in [3.8, 4) is 0 Å². The van der Waals surface area contributed by atoms with Gasteiger partial charge in [0.05, 0.1) is 5.25 Å². The van der Waals surface area contributed by atoms with Gasteiger partial charge in [-0.2, -0.15) is 0 Å². The van der Waals surface area contributed by atoms with Crippen LogP contribution in [-0.2, 0) is 5.75 Å². The monoisotopic (exact) mass is 246 g/mol. The van der Waals surface area contributed by atoms with Gasteiger partial charge in [0.15, 0.2) is 0 Å². The summed E-state index contributed by atoms with van der Waals surface area (Å²) < 4.78 is 0. The lowest BCUT2D eigenvalue weighted by Gasteiger charge is -2.11. The molecule has 0 spiro atoms. The molecule has 80 valence electrons. The second-order valence-corrected chi connectivity index (χ2v) is 5.47. The smallest absolute Gasteiger partial charge is 0.0553 e. The van der Waals surface area contributed by atoms with Crippen LogP contribution in [-0.4, -0.2) is 0 Å². The van der Waals surface area contributed by atoms with E-state index in [1.54, 1.807) is 0 Å². The fourth-order valence-corrected chi connectivity index (χ4v) is 3.65. The molecule has 0 bridgehead atoms. The van der Waals surface area contributed by atoms with Gasteiger partial charge in [-0.15, -0.1) is 11.8 Å². The number of rotatable bonds is 1. The molecule has 0 nitrogen and oxygen atoms in total. The van der Waals surface area contributed by atoms with Crippen LogP contribution in [0.3, 0.4) is 0 Å². The van der Waals surface area contributed by atoms with E-state index in [-0.39, 0.29) is 0 Å². The van der Waals surface area contributed by atoms with Crippen molar-refractivity contribution >= 4 is 23.4 Å². The number of halogens is 1. The van der Waals surface area contributed by atoms with Crippen LogP contribution in [0.25, 0.3) is 0 Å². The third kappa shape index (κ3) is 1.74. The summed E-state index contributed by atoms with van der Waals surface area (Å²) in [7, 11) is 0. The van der Waals surface area contributed by atoms with E-state index in [1.165, 1.54) is 16.7 Å². The zero-order chi connectivity index (χ0) is 11.0. The maximum Gasteiger partial charge on any atom is 0.0553 e. The fraction of sp³-hybridized carbons (Fsp3) is 0.143. The number of hydrogen-bond donors (Lipinski definition) is 0. The molecule has 1 unspecified atom stereocenters. The summed E-state index contributed by atoms with van der Waals surface area (Å²) in [5.74, 6) is 1.09. The molecular formula is C14H11ClS. The fourth-order valence-electron chi connectivity index (χ4n) is 2.11. The Hall–Kier alpha value is -0.920. The first-order valence-corrected chi connectivity index (χ1v) is 6.72. The normalized spacial score (nSPS) is 18.4. The molecule has 0 aliphatic carbocycles. The highest BCUT2D eigenvalue weighted by Crippen LogP contribution is 2.46. The van der Waals surface area contributed by atoms with Gasteiger partial charge >= 0.3 is 0 Å². The number of hydrogen-bond acceptors (Lipinski definition) is 1. The molecule has 0 radical (unpaired) electrons. The summed E-state index contributed by atoms with van der Waals surface area (Å²) in [4.78, 5) is 0. The van der Waals surface area contributed by atoms with Crippen LogP contribution in [0.15, 0.2) is 48.5 Å². The van der Waals surface area contributed by atoms with Crippen LogP contribution in [0.2, 0.25) is 5.02 Å². The average Bonchev–Trinajstić information content (AvgIpc) is 2.73. The minimum atomic E-state index is 0.454. The second-order valence-electron chi connectivity index (χ2n) is 3.94. The first kappa shape index (κ1) is 10.2. The van der Waals surface area contributed by atoms with Crippen LogP contribution >= 0.6 is 23.4 Å². The first-order chi connectivity index (χ1) is 7.84. The van der Waals surface area contributed by atoms with Crippen molar-refractivity contribution in [2.24, 2.45) is 0 Å². The van der Waals surface area contributed by atoms with E-state index in [2.05, 4.69) is 42.5 Å². The van der Waals surface area contributed by atoms with Gasteiger partial charge in [0.1, 0.15) is 0 Å². The van der Waals surface area contributed by atoms with E-state index in [9.17, 15) is 0 Å². The van der Waals surface area contributed by atoms with Crippen LogP contribution < -0.4 is 0 Å². The highest BCUT2D eigenvalue weighted by molar-refractivity contribution is 7.99. The number of thioether (sulfide) groups is 1. The Morgan fingerprint density at radius 2 is 1.88 bits per heavy atom. The van der Waals surface area contributed by atoms with Gasteiger partial charge in [0.25, 0.3) is 0 Å². The van der Waals surface area contributed by atoms with Gasteiger partial charge < -0.3 is 0 Å². The van der Waals surface area contributed by atoms with Crippen molar-refractivity contribution in [3.05, 3.63) is 70.2 Å². The Kier molecular flexibility index (Phi) is 2.66. The zero-order valence-electron chi connectivity index (χ0n) is 8.69. The molecule has 0 fully saturated rings. The standard InChI is InChI=1S/C14H11ClS/c15-12-7-6-11-9-16-14(13(11)8-12)10-4-2-1-3-5-10/h1-8,14H,9H2. The summed E-state index contributed by atoms with van der Waals surface area (Å²) in [6.07, 6.45) is 0. The predicted octanol–water partition coefficient (Wildman–Crippen LogP) is 4.68. The van der Waals surface area contributed by atoms with E-state index in [0.717, 1.165) is 10.8 Å². The third-order valence-electron chi connectivity index (χ3n) is 2.90. The van der Waals surface area contributed by atoms with E-state index < -0.39 is 0 Å². The molecule has 0 N–H and O–H groups in total. The zero-order valence-corrected chi connectivity index (χ0v) is 10.3. The van der Waals surface area contributed by atoms with E-state index in [1.807, 2.05) is 17.8 Å². The highest BCUT2D eigenvalue weighted by Gasteiger charge is 2.24. The summed E-state index contributed by atoms with van der Waals surface area (Å²) in [5, 5.41) is 1.29. The molecular weight excluding hydrogens is 236 g/mol. The molecule has 0 aromatic heterocycles. The van der Waals surface area contributed by atoms with Crippen LogP contribution in [0, 0.1) is 0 Å². The van der Waals surface area contributed by atoms with Crippen LogP contribution in [0.5, 0.6) is 0 Å². The van der Waals surface area contributed by atoms with Crippen molar-refractivity contribution in [3.63, 3.8) is 0 Å². The molecule has 2 heteroatoms. The van der Waals surface area contributed by atoms with Gasteiger partial charge in [0.2, 0.25) is 0 Å². The minimum Gasteiger partial charge on any atom is -0.144 e. The maximum absolute atomic E-state index is 6.07. The Morgan fingerprint density at radius 1 is 1.06 bits per heavy atom. The average molecular weight is 247 g/mol. The molecule has 3 rings (SSSR count). The van der Waals surface area contributed by atoms with E-state index in [0.29, 0.717) is 5.25 Å². The van der Waals surface area contributed by atoms with Crippen molar-refractivity contribution < 1.29 is 0 Å². The molecule has 0 saturated carbocycles. The third-order valence-corrected chi connectivity index (χ3v) is 4.47. The molecule has 0 amide bonds. The lowest BCUT2D eigenvalue weighted by atomic mass is 10.0. The van der Waals surface area contributed by atoms with Crippen LogP contribution in [0.1, 0.15) is 21.9 Å². The SMILES string of the molecule is Clc1ccc2c(c1)C(c1ccccc1)SC2. The van der Waals surface area contributed by atoms with Gasteiger partial charge in [-0.05, 0) is 28.8 Å². The lowest BCUT2D eigenvalue weighted by molar-refractivity contribution is 1.16. The highest BCUT2D eigenvalue weighted by atomic mass is 35.5. The van der Waals surface area contributed by atoms with Gasteiger partial charge in [-0.25, -0.2) is 0 Å². The summed E-state index contributed by atoms with van der Waals surface area (Å²) in [6.45, 7) is 0. The second kappa shape index (κ2) is 4.15. The largest absolute Gasteiger partial charge is 0.144 e. The van der Waals surface area contributed by atoms with Gasteiger partial charge in [-0.1, -0.05) is 48.0 Å². The first-order valence-electron chi connectivity index (χ1n) is 5.29. The molecule has 2 aromatic rings. The topological polar surface area (TPSA) is 0 Å². The molecule has 2 aromatic carbocycles. The Morgan fingerprint density at radius 3 is 2.69 bits per heavy atom. The van der Waals surface area contributed by atoms with Crippen molar-refractivity contribution in [1.29, 1.82) is 0 Å². The van der Waals surface area contributed by atoms with Crippen molar-refractivity contribution in [1.82, 2.24) is 0 Å². The number of fused-ring (bicyclic) bond motifs is 1. The summed E-state index contributed by atoms with van der Waals surface area (Å²) >= 11 is 8.04. The van der Waals surface area contributed by atoms with Gasteiger partial charge in [-0.3, -0.25) is 0 Å². The summed E-state index contributed by atoms with van der Waals surface area (Å²) in [6, 6.07) is 16.9. The van der Waals surface area contributed by atoms with Gasteiger partial charge in [0, 0.05) is 10.8 Å². The molecule has 16 heavy (non-hydrogen) atoms. The molecule has 1 atom stereocenters. The maximum atomic E-state index is 6.07. The Bertz CT molecular complexity index is 507. The summed E-state index contributed by atoms with van der Waals surface area (Å²) in [5.41, 5.74) is 4.17. The van der Waals surface area contributed by atoms with Crippen molar-refractivity contribution in [2.75, 3.05) is 0 Å². The predicted molar refractivity (Wildman–Crippen MR) is 71.0 cm³/mol. The molecule has 1 aliphatic heterocycles. The van der Waals surface area contributed by atoms with E-state index in [4.69, 9.17) is 11.6 Å². The minimum absolute atomic E-state index is 0.454. The lowest BCUT2D eigenvalue weighted by Crippen LogP contribution is -1.92. The molecule has 1 aliphatic rings. The van der Waals surface area contributed by atoms with Crippen LogP contribution in [0.4, 0.5) is 0 Å². The van der Waals surface area contributed by atoms with E-state index >= 15 is 0 Å². The Labute approximate surface area is 105 Å². The van der Waals surface area contributed by atoms with Crippen molar-refractivity contribution in [2.45, 2.75) is 11.0 Å². The quantitative estimate of drug-likeness (QED) is 0.704.